The first kappa shape index (κ1) is 72.2. The minimum atomic E-state index is -1.77. The number of alkyl halides is 1. The van der Waals surface area contributed by atoms with Crippen LogP contribution in [0.4, 0.5) is 18.4 Å². The molecule has 33 heteroatoms. The van der Waals surface area contributed by atoms with E-state index in [0.29, 0.717) is 48.3 Å². The van der Waals surface area contributed by atoms with Crippen LogP contribution < -0.4 is 26.1 Å². The zero-order chi connectivity index (χ0) is 66.1. The van der Waals surface area contributed by atoms with Crippen molar-refractivity contribution in [2.75, 3.05) is 27.1 Å². The van der Waals surface area contributed by atoms with Gasteiger partial charge in [0.15, 0.2) is 29.7 Å². The van der Waals surface area contributed by atoms with E-state index in [4.69, 9.17) is 54.7 Å². The standard InChI is InChI=1S/C28H31ClFN5O9.C20H18ClFN4O5.C8H14ClNO4/c1-15(2)24(32-28(41)42-3)27(40)43-14-44-35-13-22(33-34-35)25(37)31-19(12-23(36)26(38)39)10-16-4-6-17(7-5-16)20-11-18(29)8-9-21(20)30;21-13-5-6-16(22)15(8-13)12-3-1-11(2-4-12)7-14(9-18(27)20(29)30)23-19(28)17-10-26(31)25-24-17;1-5(2)6(7(11)14-4-9)10-8(12)13-3/h4-9,11,13,15,19,23-24,36H,10,12,14H2,1-3H3,(H,31,37)(H,32,41)(H,38,39);1-6,8,10,14,18,27,31H,7,9H2,(H,23,28)(H,29,30);5-6H,4H2,1-3H3,(H,10,12)/t19-,23-,24+;14-,18-;6-/m110/s1. The van der Waals surface area contributed by atoms with E-state index in [1.807, 2.05) is 0 Å². The van der Waals surface area contributed by atoms with E-state index in [1.165, 1.54) is 43.5 Å². The quantitative estimate of drug-likeness (QED) is 0.0107. The van der Waals surface area contributed by atoms with Gasteiger partial charge in [-0.3, -0.25) is 9.59 Å². The molecule has 6 rings (SSSR count). The maximum Gasteiger partial charge on any atom is 0.407 e. The Morgan fingerprint density at radius 3 is 1.36 bits per heavy atom. The van der Waals surface area contributed by atoms with E-state index < -0.39 is 103 Å². The average Bonchev–Trinajstić information content (AvgIpc) is 4.27. The highest BCUT2D eigenvalue weighted by Gasteiger charge is 2.29. The molecule has 28 nitrogen and oxygen atoms in total. The Morgan fingerprint density at radius 1 is 0.584 bits per heavy atom. The molecule has 0 aliphatic heterocycles. The van der Waals surface area contributed by atoms with Gasteiger partial charge < -0.3 is 70.7 Å². The van der Waals surface area contributed by atoms with Gasteiger partial charge in [0.25, 0.3) is 18.6 Å². The van der Waals surface area contributed by atoms with Crippen LogP contribution in [0.2, 0.25) is 10.0 Å². The van der Waals surface area contributed by atoms with Crippen molar-refractivity contribution < 1.29 is 96.6 Å². The number of nitrogens with one attached hydrogen (secondary N) is 4. The maximum absolute atomic E-state index is 14.3. The Labute approximate surface area is 521 Å². The molecule has 0 aliphatic rings. The lowest BCUT2D eigenvalue weighted by atomic mass is 9.97. The molecular formula is C56H63Cl3F2N10O18. The molecule has 0 saturated carbocycles. The van der Waals surface area contributed by atoms with Crippen LogP contribution in [0.15, 0.2) is 97.3 Å². The fourth-order valence-corrected chi connectivity index (χ4v) is 8.26. The van der Waals surface area contributed by atoms with Crippen molar-refractivity contribution >= 4 is 82.7 Å². The number of esters is 2. The fourth-order valence-electron chi connectivity index (χ4n) is 7.81. The largest absolute Gasteiger partial charge is 0.479 e. The molecule has 6 aromatic rings. The highest BCUT2D eigenvalue weighted by atomic mass is 35.5. The number of carboxylic acid groups (broad SMARTS) is 2. The number of nitrogens with zero attached hydrogens (tertiary/aromatic N) is 6. The van der Waals surface area contributed by atoms with Crippen LogP contribution in [0.25, 0.3) is 22.3 Å². The summed E-state index contributed by atoms with van der Waals surface area (Å²) in [7, 11) is 2.37. The average molecular weight is 1310 g/mol. The number of rotatable bonds is 26. The highest BCUT2D eigenvalue weighted by Crippen LogP contribution is 2.28. The van der Waals surface area contributed by atoms with Gasteiger partial charge in [0.05, 0.1) is 20.4 Å². The molecule has 89 heavy (non-hydrogen) atoms. The van der Waals surface area contributed by atoms with E-state index in [9.17, 15) is 62.5 Å². The number of aliphatic hydroxyl groups excluding tert-OH is 2. The van der Waals surface area contributed by atoms with Crippen molar-refractivity contribution in [1.82, 2.24) is 51.6 Å². The number of hydrogen-bond acceptors (Lipinski definition) is 20. The van der Waals surface area contributed by atoms with Crippen molar-refractivity contribution in [2.24, 2.45) is 11.8 Å². The molecule has 480 valence electrons. The summed E-state index contributed by atoms with van der Waals surface area (Å²) in [4.78, 5) is 99.7. The Kier molecular flexibility index (Phi) is 28.9. The number of aliphatic hydroxyl groups is 2. The topological polar surface area (TPSA) is 393 Å². The number of hydrogen-bond donors (Lipinski definition) is 9. The first-order valence-corrected chi connectivity index (χ1v) is 27.7. The van der Waals surface area contributed by atoms with Gasteiger partial charge in [0, 0.05) is 46.1 Å². The fraction of sp³-hybridized carbons (Fsp3) is 0.357. The number of amides is 4. The molecular weight excluding hydrogens is 1250 g/mol. The zero-order valence-corrected chi connectivity index (χ0v) is 50.5. The van der Waals surface area contributed by atoms with E-state index in [1.54, 1.807) is 76.2 Å². The molecule has 2 aromatic heterocycles. The number of benzene rings is 4. The molecule has 6 atom stereocenters. The van der Waals surface area contributed by atoms with Gasteiger partial charge in [-0.25, -0.2) is 37.5 Å². The third-order valence-corrected chi connectivity index (χ3v) is 12.9. The number of ether oxygens (including phenoxy) is 4. The van der Waals surface area contributed by atoms with Crippen molar-refractivity contribution in [3.63, 3.8) is 0 Å². The van der Waals surface area contributed by atoms with Crippen LogP contribution in [0.3, 0.4) is 0 Å². The lowest BCUT2D eigenvalue weighted by molar-refractivity contribution is -0.161. The molecule has 0 unspecified atom stereocenters. The first-order valence-electron chi connectivity index (χ1n) is 26.4. The molecule has 0 radical (unpaired) electrons. The second-order valence-corrected chi connectivity index (χ2v) is 20.7. The Balaban J connectivity index is 0.000000325. The van der Waals surface area contributed by atoms with E-state index in [-0.39, 0.29) is 55.0 Å². The normalized spacial score (nSPS) is 12.8. The Bertz CT molecular complexity index is 3360. The number of methoxy groups -OCH3 is 2. The molecule has 2 heterocycles. The highest BCUT2D eigenvalue weighted by molar-refractivity contribution is 6.31. The zero-order valence-electron chi connectivity index (χ0n) is 48.2. The molecule has 0 fully saturated rings. The molecule has 4 aromatic carbocycles. The summed E-state index contributed by atoms with van der Waals surface area (Å²) in [6, 6.07) is 18.2. The van der Waals surface area contributed by atoms with Gasteiger partial charge in [-0.15, -0.1) is 10.2 Å². The monoisotopic (exact) mass is 1310 g/mol. The molecule has 0 aliphatic carbocycles. The lowest BCUT2D eigenvalue weighted by Gasteiger charge is -2.20. The summed E-state index contributed by atoms with van der Waals surface area (Å²) in [5, 5.41) is 71.8. The van der Waals surface area contributed by atoms with Gasteiger partial charge >= 0.3 is 36.1 Å². The summed E-state index contributed by atoms with van der Waals surface area (Å²) in [5.74, 6) is -7.00. The molecule has 0 saturated heterocycles. The summed E-state index contributed by atoms with van der Waals surface area (Å²) in [6.07, 6.45) is -3.17. The van der Waals surface area contributed by atoms with Gasteiger partial charge in [0.2, 0.25) is 0 Å². The van der Waals surface area contributed by atoms with Crippen molar-refractivity contribution in [2.45, 2.75) is 89.8 Å². The number of carboxylic acids is 2. The number of carbonyl (C=O) groups is 8. The smallest absolute Gasteiger partial charge is 0.407 e. The predicted molar refractivity (Wildman–Crippen MR) is 310 cm³/mol. The van der Waals surface area contributed by atoms with E-state index in [0.717, 1.165) is 24.3 Å². The number of aliphatic carboxylic acids is 2. The van der Waals surface area contributed by atoms with Crippen molar-refractivity contribution in [1.29, 1.82) is 0 Å². The van der Waals surface area contributed by atoms with Crippen LogP contribution in [0.1, 0.15) is 72.6 Å². The van der Waals surface area contributed by atoms with Gasteiger partial charge in [-0.1, -0.05) is 121 Å². The third-order valence-electron chi connectivity index (χ3n) is 12.4. The van der Waals surface area contributed by atoms with E-state index >= 15 is 0 Å². The molecule has 4 amide bonds. The number of aromatic nitrogens is 6. The predicted octanol–water partition coefficient (Wildman–Crippen LogP) is 5.48. The van der Waals surface area contributed by atoms with Crippen molar-refractivity contribution in [3.05, 3.63) is 142 Å². The maximum atomic E-state index is 14.3. The van der Waals surface area contributed by atoms with Crippen LogP contribution in [-0.2, 0) is 51.0 Å². The molecule has 9 N–H and O–H groups in total. The van der Waals surface area contributed by atoms with Crippen molar-refractivity contribution in [3.8, 4) is 22.3 Å². The number of alkyl carbamates (subject to hydrolysis) is 2. The molecule has 0 spiro atoms. The SMILES string of the molecule is COC(=O)N[C@H](C(=O)OCCl)C(C)C.COC(=O)N[C@H](C(=O)OCOn1cc(C(=O)N[C@H](Cc2ccc(-c3cc(Cl)ccc3F)cc2)C[C@@H](O)C(=O)O)nn1)C(C)C.O=C(N[C@H](Cc1ccc(-c2cc(Cl)ccc2F)cc1)C[C@@H](O)C(=O)O)c1cn(O)nn1. The lowest BCUT2D eigenvalue weighted by Crippen LogP contribution is -2.45. The minimum absolute atomic E-state index is 0.0928. The Hall–Kier alpha value is -9.23. The van der Waals surface area contributed by atoms with E-state index in [2.05, 4.69) is 56.1 Å². The number of carbonyl (C=O) groups excluding carboxylic acids is 6. The summed E-state index contributed by atoms with van der Waals surface area (Å²) in [5.41, 5.74) is 2.75. The Morgan fingerprint density at radius 2 is 0.989 bits per heavy atom. The summed E-state index contributed by atoms with van der Waals surface area (Å²) < 4.78 is 46.8. The van der Waals surface area contributed by atoms with Crippen LogP contribution >= 0.6 is 34.8 Å². The van der Waals surface area contributed by atoms with Crippen LogP contribution in [-0.4, -0.2) is 167 Å². The second-order valence-electron chi connectivity index (χ2n) is 19.6. The first-order chi connectivity index (χ1) is 42.1. The minimum Gasteiger partial charge on any atom is -0.479 e. The van der Waals surface area contributed by atoms with Gasteiger partial charge in [-0.2, -0.15) is 0 Å². The summed E-state index contributed by atoms with van der Waals surface area (Å²) in [6.45, 7) is 6.29. The van der Waals surface area contributed by atoms with Crippen LogP contribution in [0.5, 0.6) is 0 Å². The van der Waals surface area contributed by atoms with Gasteiger partial charge in [0.1, 0.15) is 29.9 Å². The molecule has 0 bridgehead atoms. The summed E-state index contributed by atoms with van der Waals surface area (Å²) >= 11 is 17.2. The second kappa shape index (κ2) is 35.5. The van der Waals surface area contributed by atoms with Gasteiger partial charge in [-0.05, 0) is 93.8 Å². The number of halogens is 5. The van der Waals surface area contributed by atoms with Crippen LogP contribution in [0, 0.1) is 23.5 Å². The third kappa shape index (κ3) is 23.8.